The van der Waals surface area contributed by atoms with Crippen LogP contribution in [0, 0.1) is 34.3 Å². The Bertz CT molecular complexity index is 530. The third-order valence-electron chi connectivity index (χ3n) is 3.22. The summed E-state index contributed by atoms with van der Waals surface area (Å²) in [5.74, 6) is -2.12. The highest BCUT2D eigenvalue weighted by Gasteiger charge is 2.48. The summed E-state index contributed by atoms with van der Waals surface area (Å²) in [4.78, 5) is 11.9. The molecule has 0 spiro atoms. The van der Waals surface area contributed by atoms with Crippen LogP contribution in [0.1, 0.15) is 19.8 Å². The maximum atomic E-state index is 13.0. The van der Waals surface area contributed by atoms with Crippen molar-refractivity contribution in [3.05, 3.63) is 29.8 Å². The number of nitrogens with one attached hydrogen (secondary N) is 1. The highest BCUT2D eigenvalue weighted by Crippen LogP contribution is 2.45. The van der Waals surface area contributed by atoms with Gasteiger partial charge in [-0.3, -0.25) is 4.79 Å². The molecule has 2 rings (SSSR count). The fourth-order valence-corrected chi connectivity index (χ4v) is 2.28. The Hall–Kier alpha value is -1.96. The molecule has 0 aromatic heterocycles. The number of anilines is 1. The van der Waals surface area contributed by atoms with Crippen molar-refractivity contribution in [2.24, 2.45) is 11.3 Å². The van der Waals surface area contributed by atoms with E-state index in [0.717, 1.165) is 12.1 Å². The van der Waals surface area contributed by atoms with Crippen LogP contribution in [0.3, 0.4) is 0 Å². The summed E-state index contributed by atoms with van der Waals surface area (Å²) in [6.07, 6.45) is 0.998. The molecule has 1 aliphatic carbocycles. The fraction of sp³-hybridized carbons (Fsp3) is 0.385. The smallest absolute Gasteiger partial charge is 0.244 e. The van der Waals surface area contributed by atoms with Crippen LogP contribution < -0.4 is 5.32 Å². The third kappa shape index (κ3) is 2.06. The van der Waals surface area contributed by atoms with Crippen LogP contribution in [0.15, 0.2) is 18.2 Å². The molecule has 0 radical (unpaired) electrons. The van der Waals surface area contributed by atoms with E-state index >= 15 is 0 Å². The topological polar surface area (TPSA) is 52.9 Å². The van der Waals surface area contributed by atoms with Gasteiger partial charge in [-0.2, -0.15) is 5.26 Å². The zero-order valence-corrected chi connectivity index (χ0v) is 9.84. The average Bonchev–Trinajstić information content (AvgIpc) is 2.29. The summed E-state index contributed by atoms with van der Waals surface area (Å²) in [6, 6.07) is 5.12. The van der Waals surface area contributed by atoms with Gasteiger partial charge in [-0.15, -0.1) is 0 Å². The van der Waals surface area contributed by atoms with Crippen molar-refractivity contribution >= 4 is 11.6 Å². The predicted octanol–water partition coefficient (Wildman–Crippen LogP) is 2.84. The van der Waals surface area contributed by atoms with Gasteiger partial charge in [-0.05, 0) is 30.9 Å². The molecule has 1 saturated carbocycles. The number of benzene rings is 1. The molecule has 1 aromatic carbocycles. The van der Waals surface area contributed by atoms with E-state index in [9.17, 15) is 13.6 Å². The molecule has 18 heavy (non-hydrogen) atoms. The molecule has 1 N–H and O–H groups in total. The van der Waals surface area contributed by atoms with Gasteiger partial charge in [-0.25, -0.2) is 8.78 Å². The van der Waals surface area contributed by atoms with Gasteiger partial charge >= 0.3 is 0 Å². The Morgan fingerprint density at radius 1 is 1.44 bits per heavy atom. The monoisotopic (exact) mass is 250 g/mol. The number of carbonyl (C=O) groups is 1. The van der Waals surface area contributed by atoms with Gasteiger partial charge in [0.25, 0.3) is 0 Å². The third-order valence-corrected chi connectivity index (χ3v) is 3.22. The van der Waals surface area contributed by atoms with Gasteiger partial charge in [-0.1, -0.05) is 6.92 Å². The van der Waals surface area contributed by atoms with Crippen LogP contribution in [-0.2, 0) is 4.79 Å². The fourth-order valence-electron chi connectivity index (χ4n) is 2.28. The minimum Gasteiger partial charge on any atom is -0.325 e. The summed E-state index contributed by atoms with van der Waals surface area (Å²) < 4.78 is 25.7. The van der Waals surface area contributed by atoms with E-state index in [-0.39, 0.29) is 5.69 Å². The van der Waals surface area contributed by atoms with Gasteiger partial charge in [0.15, 0.2) is 11.6 Å². The first-order valence-corrected chi connectivity index (χ1v) is 5.64. The maximum Gasteiger partial charge on any atom is 0.244 e. The number of carbonyl (C=O) groups excluding carboxylic acids is 1. The van der Waals surface area contributed by atoms with E-state index in [4.69, 9.17) is 5.26 Å². The summed E-state index contributed by atoms with van der Waals surface area (Å²) in [7, 11) is 0. The van der Waals surface area contributed by atoms with Crippen molar-refractivity contribution in [1.29, 1.82) is 5.26 Å². The Balaban J connectivity index is 2.12. The van der Waals surface area contributed by atoms with Crippen LogP contribution in [0.5, 0.6) is 0 Å². The standard InChI is InChI=1S/C13H12F2N2O/c1-8-5-13(6-8,7-16)12(18)17-9-2-3-10(14)11(15)4-9/h2-4,8H,5-6H2,1H3,(H,17,18). The molecule has 1 aliphatic rings. The van der Waals surface area contributed by atoms with Gasteiger partial charge in [0, 0.05) is 11.8 Å². The lowest BCUT2D eigenvalue weighted by Gasteiger charge is -2.39. The minimum absolute atomic E-state index is 0.160. The summed E-state index contributed by atoms with van der Waals surface area (Å²) in [5.41, 5.74) is -0.863. The van der Waals surface area contributed by atoms with Crippen LogP contribution in [0.2, 0.25) is 0 Å². The van der Waals surface area contributed by atoms with Crippen LogP contribution in [0.25, 0.3) is 0 Å². The molecule has 0 heterocycles. The molecule has 0 aliphatic heterocycles. The molecule has 0 unspecified atom stereocenters. The summed E-state index contributed by atoms with van der Waals surface area (Å²) in [5, 5.41) is 11.5. The Kier molecular flexibility index (Phi) is 3.04. The maximum absolute atomic E-state index is 13.0. The quantitative estimate of drug-likeness (QED) is 0.877. The van der Waals surface area contributed by atoms with E-state index in [1.807, 2.05) is 13.0 Å². The predicted molar refractivity (Wildman–Crippen MR) is 61.4 cm³/mol. The molecule has 94 valence electrons. The highest BCUT2D eigenvalue weighted by atomic mass is 19.2. The van der Waals surface area contributed by atoms with Crippen LogP contribution in [-0.4, -0.2) is 5.91 Å². The van der Waals surface area contributed by atoms with Crippen molar-refractivity contribution in [2.45, 2.75) is 19.8 Å². The van der Waals surface area contributed by atoms with Crippen LogP contribution in [0.4, 0.5) is 14.5 Å². The first kappa shape index (κ1) is 12.5. The van der Waals surface area contributed by atoms with E-state index < -0.39 is 23.0 Å². The Morgan fingerprint density at radius 3 is 2.61 bits per heavy atom. The Morgan fingerprint density at radius 2 is 2.11 bits per heavy atom. The minimum atomic E-state index is -1.03. The average molecular weight is 250 g/mol. The van der Waals surface area contributed by atoms with E-state index in [2.05, 4.69) is 5.32 Å². The zero-order chi connectivity index (χ0) is 13.3. The molecule has 3 nitrogen and oxygen atoms in total. The second-order valence-electron chi connectivity index (χ2n) is 4.79. The van der Waals surface area contributed by atoms with E-state index in [1.165, 1.54) is 6.07 Å². The number of nitrogens with zero attached hydrogens (tertiary/aromatic N) is 1. The Labute approximate surface area is 103 Å². The van der Waals surface area contributed by atoms with Crippen LogP contribution >= 0.6 is 0 Å². The van der Waals surface area contributed by atoms with Crippen molar-refractivity contribution < 1.29 is 13.6 Å². The first-order chi connectivity index (χ1) is 8.47. The molecule has 1 fully saturated rings. The molecule has 1 amide bonds. The van der Waals surface area contributed by atoms with Crippen molar-refractivity contribution in [1.82, 2.24) is 0 Å². The van der Waals surface area contributed by atoms with Crippen molar-refractivity contribution in [3.8, 4) is 6.07 Å². The SMILES string of the molecule is CC1CC(C#N)(C(=O)Nc2ccc(F)c(F)c2)C1. The van der Waals surface area contributed by atoms with Gasteiger partial charge < -0.3 is 5.32 Å². The molecule has 1 aromatic rings. The molecule has 5 heteroatoms. The van der Waals surface area contributed by atoms with Gasteiger partial charge in [0.2, 0.25) is 5.91 Å². The normalized spacial score (nSPS) is 26.0. The number of hydrogen-bond donors (Lipinski definition) is 1. The molecular formula is C13H12F2N2O. The molecule has 0 saturated heterocycles. The lowest BCUT2D eigenvalue weighted by molar-refractivity contribution is -0.128. The molecule has 0 bridgehead atoms. The molecule has 0 atom stereocenters. The van der Waals surface area contributed by atoms with Crippen molar-refractivity contribution in [3.63, 3.8) is 0 Å². The van der Waals surface area contributed by atoms with Gasteiger partial charge in [0.05, 0.1) is 6.07 Å². The molecular weight excluding hydrogens is 238 g/mol. The largest absolute Gasteiger partial charge is 0.325 e. The van der Waals surface area contributed by atoms with E-state index in [1.54, 1.807) is 0 Å². The van der Waals surface area contributed by atoms with Gasteiger partial charge in [0.1, 0.15) is 5.41 Å². The second-order valence-corrected chi connectivity index (χ2v) is 4.79. The summed E-state index contributed by atoms with van der Waals surface area (Å²) >= 11 is 0. The lowest BCUT2D eigenvalue weighted by atomic mass is 9.63. The number of amides is 1. The van der Waals surface area contributed by atoms with Crippen molar-refractivity contribution in [2.75, 3.05) is 5.32 Å². The number of rotatable bonds is 2. The number of halogens is 2. The zero-order valence-electron chi connectivity index (χ0n) is 9.84. The number of nitriles is 1. The number of hydrogen-bond acceptors (Lipinski definition) is 2. The first-order valence-electron chi connectivity index (χ1n) is 5.64. The van der Waals surface area contributed by atoms with E-state index in [0.29, 0.717) is 18.8 Å². The summed E-state index contributed by atoms with van der Waals surface area (Å²) in [6.45, 7) is 1.96. The second kappa shape index (κ2) is 4.37. The lowest BCUT2D eigenvalue weighted by Crippen LogP contribution is -2.45. The highest BCUT2D eigenvalue weighted by molar-refractivity contribution is 5.97.